The normalized spacial score (nSPS) is 16.6. The fourth-order valence-electron chi connectivity index (χ4n) is 2.85. The molecule has 1 heterocycles. The Kier molecular flexibility index (Phi) is 5.03. The second-order valence-corrected chi connectivity index (χ2v) is 6.99. The molecule has 1 aliphatic rings. The molecule has 0 spiro atoms. The number of hydrogen-bond acceptors (Lipinski definition) is 4. The molecule has 0 unspecified atom stereocenters. The largest absolute Gasteiger partial charge is 0.326 e. The van der Waals surface area contributed by atoms with E-state index in [1.807, 2.05) is 19.1 Å². The van der Waals surface area contributed by atoms with Crippen molar-refractivity contribution in [3.05, 3.63) is 62.6 Å². The van der Waals surface area contributed by atoms with Crippen molar-refractivity contribution in [3.63, 3.8) is 0 Å². The molecular weight excluding hydrogens is 402 g/mol. The van der Waals surface area contributed by atoms with E-state index in [1.54, 1.807) is 6.07 Å². The molecule has 1 atom stereocenters. The number of halogens is 1. The van der Waals surface area contributed by atoms with Gasteiger partial charge in [0, 0.05) is 40.9 Å². The molecule has 7 nitrogen and oxygen atoms in total. The van der Waals surface area contributed by atoms with Crippen LogP contribution < -0.4 is 10.2 Å². The van der Waals surface area contributed by atoms with Gasteiger partial charge in [-0.3, -0.25) is 19.7 Å². The van der Waals surface area contributed by atoms with Gasteiger partial charge >= 0.3 is 0 Å². The number of rotatable bonds is 4. The van der Waals surface area contributed by atoms with E-state index in [9.17, 15) is 19.7 Å². The van der Waals surface area contributed by atoms with Gasteiger partial charge in [0.05, 0.1) is 10.8 Å². The zero-order valence-corrected chi connectivity index (χ0v) is 15.5. The number of nitrogens with one attached hydrogen (secondary N) is 1. The summed E-state index contributed by atoms with van der Waals surface area (Å²) in [5.41, 5.74) is 2.19. The predicted octanol–water partition coefficient (Wildman–Crippen LogP) is 3.66. The zero-order chi connectivity index (χ0) is 18.8. The maximum absolute atomic E-state index is 12.5. The van der Waals surface area contributed by atoms with Crippen LogP contribution in [0.3, 0.4) is 0 Å². The summed E-state index contributed by atoms with van der Waals surface area (Å²) >= 11 is 3.41. The van der Waals surface area contributed by atoms with E-state index < -0.39 is 10.8 Å². The number of anilines is 2. The quantitative estimate of drug-likeness (QED) is 0.606. The van der Waals surface area contributed by atoms with E-state index >= 15 is 0 Å². The lowest BCUT2D eigenvalue weighted by Crippen LogP contribution is -2.28. The molecule has 2 aromatic carbocycles. The molecule has 1 fully saturated rings. The summed E-state index contributed by atoms with van der Waals surface area (Å²) in [6, 6.07) is 11.2. The Morgan fingerprint density at radius 1 is 1.27 bits per heavy atom. The molecule has 1 aliphatic heterocycles. The van der Waals surface area contributed by atoms with Crippen molar-refractivity contribution in [3.8, 4) is 0 Å². The first kappa shape index (κ1) is 18.1. The topological polar surface area (TPSA) is 92.6 Å². The van der Waals surface area contributed by atoms with Gasteiger partial charge in [0.25, 0.3) is 5.69 Å². The van der Waals surface area contributed by atoms with Crippen molar-refractivity contribution in [2.75, 3.05) is 16.8 Å². The minimum Gasteiger partial charge on any atom is -0.326 e. The maximum atomic E-state index is 12.5. The minimum atomic E-state index is -0.494. The van der Waals surface area contributed by atoms with Crippen molar-refractivity contribution in [1.29, 1.82) is 0 Å². The van der Waals surface area contributed by atoms with Gasteiger partial charge in [0.1, 0.15) is 0 Å². The Morgan fingerprint density at radius 3 is 2.58 bits per heavy atom. The third-order valence-corrected chi connectivity index (χ3v) is 5.18. The second kappa shape index (κ2) is 7.25. The summed E-state index contributed by atoms with van der Waals surface area (Å²) in [4.78, 5) is 36.5. The first-order chi connectivity index (χ1) is 12.3. The van der Waals surface area contributed by atoms with Gasteiger partial charge in [-0.15, -0.1) is 0 Å². The van der Waals surface area contributed by atoms with Crippen LogP contribution >= 0.6 is 15.9 Å². The Bertz CT molecular complexity index is 883. The summed E-state index contributed by atoms with van der Waals surface area (Å²) in [5.74, 6) is -0.864. The average molecular weight is 418 g/mol. The van der Waals surface area contributed by atoms with Gasteiger partial charge in [-0.1, -0.05) is 15.9 Å². The first-order valence-corrected chi connectivity index (χ1v) is 8.76. The average Bonchev–Trinajstić information content (AvgIpc) is 3.00. The Morgan fingerprint density at radius 2 is 1.96 bits per heavy atom. The molecule has 134 valence electrons. The van der Waals surface area contributed by atoms with Crippen molar-refractivity contribution in [2.45, 2.75) is 13.3 Å². The van der Waals surface area contributed by atoms with Crippen LogP contribution in [0.25, 0.3) is 0 Å². The lowest BCUT2D eigenvalue weighted by molar-refractivity contribution is -0.384. The molecule has 0 radical (unpaired) electrons. The lowest BCUT2D eigenvalue weighted by Gasteiger charge is -2.16. The van der Waals surface area contributed by atoms with Crippen LogP contribution in [-0.4, -0.2) is 23.3 Å². The summed E-state index contributed by atoms with van der Waals surface area (Å²) in [6.45, 7) is 2.17. The third kappa shape index (κ3) is 3.75. The summed E-state index contributed by atoms with van der Waals surface area (Å²) in [6.07, 6.45) is 0.109. The molecule has 0 bridgehead atoms. The summed E-state index contributed by atoms with van der Waals surface area (Å²) in [7, 11) is 0. The van der Waals surface area contributed by atoms with Crippen molar-refractivity contribution in [1.82, 2.24) is 0 Å². The number of nitro groups is 1. The standard InChI is InChI=1S/C18H16BrN3O4/c1-11-8-13(2-7-16(11)19)20-18(24)12-9-17(23)21(10-12)14-3-5-15(6-4-14)22(25)26/h2-8,12H,9-10H2,1H3,(H,20,24)/t12-/m0/s1. The second-order valence-electron chi connectivity index (χ2n) is 6.13. The summed E-state index contributed by atoms with van der Waals surface area (Å²) < 4.78 is 0.955. The Hall–Kier alpha value is -2.74. The number of benzene rings is 2. The molecule has 1 saturated heterocycles. The molecule has 1 N–H and O–H groups in total. The lowest BCUT2D eigenvalue weighted by atomic mass is 10.1. The molecule has 2 aromatic rings. The highest BCUT2D eigenvalue weighted by molar-refractivity contribution is 9.10. The highest BCUT2D eigenvalue weighted by Crippen LogP contribution is 2.28. The predicted molar refractivity (Wildman–Crippen MR) is 101 cm³/mol. The van der Waals surface area contributed by atoms with Crippen LogP contribution in [0.4, 0.5) is 17.1 Å². The van der Waals surface area contributed by atoms with E-state index in [0.29, 0.717) is 11.4 Å². The van der Waals surface area contributed by atoms with E-state index in [2.05, 4.69) is 21.2 Å². The number of carbonyl (C=O) groups is 2. The fourth-order valence-corrected chi connectivity index (χ4v) is 3.10. The van der Waals surface area contributed by atoms with Crippen LogP contribution in [0.2, 0.25) is 0 Å². The van der Waals surface area contributed by atoms with Gasteiger partial charge in [0.2, 0.25) is 11.8 Å². The van der Waals surface area contributed by atoms with E-state index in [4.69, 9.17) is 0 Å². The van der Waals surface area contributed by atoms with Crippen LogP contribution in [0, 0.1) is 23.0 Å². The maximum Gasteiger partial charge on any atom is 0.269 e. The number of aryl methyl sites for hydroxylation is 1. The van der Waals surface area contributed by atoms with Crippen molar-refractivity contribution < 1.29 is 14.5 Å². The van der Waals surface area contributed by atoms with E-state index in [0.717, 1.165) is 10.0 Å². The molecule has 0 aromatic heterocycles. The molecule has 26 heavy (non-hydrogen) atoms. The third-order valence-electron chi connectivity index (χ3n) is 4.29. The summed E-state index contributed by atoms with van der Waals surface area (Å²) in [5, 5.41) is 13.6. The van der Waals surface area contributed by atoms with Crippen LogP contribution in [0.15, 0.2) is 46.9 Å². The monoisotopic (exact) mass is 417 g/mol. The molecule has 0 aliphatic carbocycles. The highest BCUT2D eigenvalue weighted by atomic mass is 79.9. The number of nitro benzene ring substituents is 1. The number of non-ortho nitro benzene ring substituents is 1. The van der Waals surface area contributed by atoms with Crippen LogP contribution in [0.5, 0.6) is 0 Å². The van der Waals surface area contributed by atoms with Crippen LogP contribution in [-0.2, 0) is 9.59 Å². The molecule has 3 rings (SSSR count). The van der Waals surface area contributed by atoms with Crippen molar-refractivity contribution >= 4 is 44.8 Å². The van der Waals surface area contributed by atoms with Gasteiger partial charge in [-0.2, -0.15) is 0 Å². The van der Waals surface area contributed by atoms with E-state index in [-0.39, 0.29) is 30.5 Å². The Balaban J connectivity index is 1.69. The molecule has 2 amide bonds. The van der Waals surface area contributed by atoms with Gasteiger partial charge in [0.15, 0.2) is 0 Å². The number of carbonyl (C=O) groups excluding carboxylic acids is 2. The SMILES string of the molecule is Cc1cc(NC(=O)[C@H]2CC(=O)N(c3ccc([N+](=O)[O-])cc3)C2)ccc1Br. The van der Waals surface area contributed by atoms with Gasteiger partial charge in [-0.05, 0) is 42.8 Å². The number of hydrogen-bond donors (Lipinski definition) is 1. The smallest absolute Gasteiger partial charge is 0.269 e. The molecule has 0 saturated carbocycles. The van der Waals surface area contributed by atoms with Gasteiger partial charge < -0.3 is 10.2 Å². The van der Waals surface area contributed by atoms with Crippen molar-refractivity contribution in [2.24, 2.45) is 5.92 Å². The highest BCUT2D eigenvalue weighted by Gasteiger charge is 2.35. The first-order valence-electron chi connectivity index (χ1n) is 7.97. The number of amides is 2. The molecular formula is C18H16BrN3O4. The number of nitrogens with zero attached hydrogens (tertiary/aromatic N) is 2. The van der Waals surface area contributed by atoms with Gasteiger partial charge in [-0.25, -0.2) is 0 Å². The fraction of sp³-hybridized carbons (Fsp3) is 0.222. The minimum absolute atomic E-state index is 0.0414. The molecule has 8 heteroatoms. The zero-order valence-electron chi connectivity index (χ0n) is 13.9. The van der Waals surface area contributed by atoms with E-state index in [1.165, 1.54) is 29.2 Å². The Labute approximate surface area is 158 Å². The van der Waals surface area contributed by atoms with Crippen LogP contribution in [0.1, 0.15) is 12.0 Å².